The molecule has 1 aromatic carbocycles. The van der Waals surface area contributed by atoms with Crippen molar-refractivity contribution in [2.45, 2.75) is 19.9 Å². The predicted octanol–water partition coefficient (Wildman–Crippen LogP) is 4.36. The molecule has 3 nitrogen and oxygen atoms in total. The van der Waals surface area contributed by atoms with E-state index in [4.69, 9.17) is 16.7 Å². The minimum Gasteiger partial charge on any atom is -0.480 e. The van der Waals surface area contributed by atoms with E-state index >= 15 is 0 Å². The van der Waals surface area contributed by atoms with Gasteiger partial charge in [0.2, 0.25) is 0 Å². The number of aliphatic carboxylic acids is 1. The van der Waals surface area contributed by atoms with Crippen LogP contribution < -0.4 is 4.90 Å². The number of carboxylic acid groups (broad SMARTS) is 1. The standard InChI is InChI=1S/C15H16ClNO2S/c1-10-3-5-12(6-4-10)17(9-15(18)19)11(2)13-7-8-14(16)20-13/h3-8,11H,9H2,1-2H3,(H,18,19). The van der Waals surface area contributed by atoms with Crippen LogP contribution in [0.15, 0.2) is 36.4 Å². The van der Waals surface area contributed by atoms with Gasteiger partial charge in [0.15, 0.2) is 0 Å². The van der Waals surface area contributed by atoms with Crippen LogP contribution in [0.5, 0.6) is 0 Å². The average Bonchev–Trinajstić information content (AvgIpc) is 2.83. The molecule has 0 spiro atoms. The van der Waals surface area contributed by atoms with Crippen LogP contribution in [-0.2, 0) is 4.79 Å². The van der Waals surface area contributed by atoms with Crippen LogP contribution in [0.2, 0.25) is 4.34 Å². The quantitative estimate of drug-likeness (QED) is 0.892. The van der Waals surface area contributed by atoms with Gasteiger partial charge in [0.05, 0.1) is 10.4 Å². The summed E-state index contributed by atoms with van der Waals surface area (Å²) in [5, 5.41) is 9.14. The number of anilines is 1. The normalized spacial score (nSPS) is 12.2. The molecule has 2 rings (SSSR count). The second-order valence-corrected chi connectivity index (χ2v) is 6.42. The van der Waals surface area contributed by atoms with Crippen LogP contribution in [0.1, 0.15) is 23.4 Å². The number of carboxylic acids is 1. The first-order valence-corrected chi connectivity index (χ1v) is 7.47. The van der Waals surface area contributed by atoms with Gasteiger partial charge in [-0.1, -0.05) is 29.3 Å². The number of aryl methyl sites for hydroxylation is 1. The van der Waals surface area contributed by atoms with Gasteiger partial charge < -0.3 is 10.0 Å². The highest BCUT2D eigenvalue weighted by Crippen LogP contribution is 2.33. The molecule has 0 aliphatic carbocycles. The Morgan fingerprint density at radius 1 is 1.30 bits per heavy atom. The molecule has 0 saturated carbocycles. The third-order valence-electron chi connectivity index (χ3n) is 3.14. The van der Waals surface area contributed by atoms with Crippen LogP contribution >= 0.6 is 22.9 Å². The molecule has 1 N–H and O–H groups in total. The van der Waals surface area contributed by atoms with Crippen molar-refractivity contribution in [3.05, 3.63) is 51.2 Å². The number of halogens is 1. The highest BCUT2D eigenvalue weighted by molar-refractivity contribution is 7.16. The van der Waals surface area contributed by atoms with Gasteiger partial charge in [-0.2, -0.15) is 0 Å². The monoisotopic (exact) mass is 309 g/mol. The summed E-state index contributed by atoms with van der Waals surface area (Å²) in [5.74, 6) is -0.847. The Morgan fingerprint density at radius 3 is 2.45 bits per heavy atom. The molecule has 2 aromatic rings. The zero-order valence-electron chi connectivity index (χ0n) is 11.3. The van der Waals surface area contributed by atoms with Crippen LogP contribution in [0.4, 0.5) is 5.69 Å². The van der Waals surface area contributed by atoms with Gasteiger partial charge in [-0.3, -0.25) is 4.79 Å². The van der Waals surface area contributed by atoms with E-state index in [1.165, 1.54) is 11.3 Å². The molecule has 1 aromatic heterocycles. The van der Waals surface area contributed by atoms with E-state index in [0.717, 1.165) is 16.1 Å². The third kappa shape index (κ3) is 3.52. The maximum Gasteiger partial charge on any atom is 0.323 e. The van der Waals surface area contributed by atoms with Crippen LogP contribution in [0.3, 0.4) is 0 Å². The lowest BCUT2D eigenvalue weighted by atomic mass is 10.1. The van der Waals surface area contributed by atoms with Gasteiger partial charge in [-0.05, 0) is 38.1 Å². The molecule has 5 heteroatoms. The van der Waals surface area contributed by atoms with Gasteiger partial charge in [-0.25, -0.2) is 0 Å². The summed E-state index contributed by atoms with van der Waals surface area (Å²) < 4.78 is 0.714. The fourth-order valence-electron chi connectivity index (χ4n) is 2.04. The molecule has 0 aliphatic heterocycles. The Balaban J connectivity index is 2.31. The minimum atomic E-state index is -0.847. The van der Waals surface area contributed by atoms with Crippen LogP contribution in [0.25, 0.3) is 0 Å². The number of hydrogen-bond acceptors (Lipinski definition) is 3. The fourth-order valence-corrected chi connectivity index (χ4v) is 3.17. The van der Waals surface area contributed by atoms with Crippen molar-refractivity contribution in [2.75, 3.05) is 11.4 Å². The fraction of sp³-hybridized carbons (Fsp3) is 0.267. The van der Waals surface area contributed by atoms with E-state index in [9.17, 15) is 4.79 Å². The maximum absolute atomic E-state index is 11.1. The molecule has 0 fully saturated rings. The highest BCUT2D eigenvalue weighted by Gasteiger charge is 2.20. The molecule has 106 valence electrons. The van der Waals surface area contributed by atoms with Crippen molar-refractivity contribution in [2.24, 2.45) is 0 Å². The lowest BCUT2D eigenvalue weighted by Gasteiger charge is -2.29. The molecule has 0 radical (unpaired) electrons. The lowest BCUT2D eigenvalue weighted by molar-refractivity contribution is -0.135. The van der Waals surface area contributed by atoms with Gasteiger partial charge in [0.1, 0.15) is 6.54 Å². The van der Waals surface area contributed by atoms with Gasteiger partial charge in [0.25, 0.3) is 0 Å². The second-order valence-electron chi connectivity index (χ2n) is 4.68. The minimum absolute atomic E-state index is 0.0358. The Labute approximate surface area is 127 Å². The third-order valence-corrected chi connectivity index (χ3v) is 4.55. The highest BCUT2D eigenvalue weighted by atomic mass is 35.5. The molecule has 1 heterocycles. The Bertz CT molecular complexity index is 594. The molecule has 20 heavy (non-hydrogen) atoms. The molecular weight excluding hydrogens is 294 g/mol. The number of thiophene rings is 1. The number of rotatable bonds is 5. The summed E-state index contributed by atoms with van der Waals surface area (Å²) in [7, 11) is 0. The van der Waals surface area contributed by atoms with Crippen molar-refractivity contribution in [3.63, 3.8) is 0 Å². The number of nitrogens with zero attached hydrogens (tertiary/aromatic N) is 1. The zero-order chi connectivity index (χ0) is 14.7. The maximum atomic E-state index is 11.1. The summed E-state index contributed by atoms with van der Waals surface area (Å²) in [4.78, 5) is 14.0. The van der Waals surface area contributed by atoms with E-state index in [2.05, 4.69) is 0 Å². The second kappa shape index (κ2) is 6.29. The smallest absolute Gasteiger partial charge is 0.323 e. The summed E-state index contributed by atoms with van der Waals surface area (Å²) >= 11 is 7.45. The summed E-state index contributed by atoms with van der Waals surface area (Å²) in [6, 6.07) is 11.6. The molecule has 0 aliphatic rings. The number of benzene rings is 1. The van der Waals surface area contributed by atoms with Crippen molar-refractivity contribution in [1.29, 1.82) is 0 Å². The van der Waals surface area contributed by atoms with Crippen molar-refractivity contribution in [3.8, 4) is 0 Å². The van der Waals surface area contributed by atoms with E-state index in [1.807, 2.05) is 55.1 Å². The molecule has 0 saturated heterocycles. The van der Waals surface area contributed by atoms with Gasteiger partial charge in [0, 0.05) is 10.6 Å². The Hall–Kier alpha value is -1.52. The van der Waals surface area contributed by atoms with E-state index in [-0.39, 0.29) is 12.6 Å². The van der Waals surface area contributed by atoms with Gasteiger partial charge in [-0.15, -0.1) is 11.3 Å². The number of hydrogen-bond donors (Lipinski definition) is 1. The Kier molecular flexibility index (Phi) is 4.68. The number of carbonyl (C=O) groups is 1. The summed E-state index contributed by atoms with van der Waals surface area (Å²) in [5.41, 5.74) is 2.05. The van der Waals surface area contributed by atoms with Crippen molar-refractivity contribution >= 4 is 34.6 Å². The first-order chi connectivity index (χ1) is 9.47. The average molecular weight is 310 g/mol. The largest absolute Gasteiger partial charge is 0.480 e. The van der Waals surface area contributed by atoms with E-state index < -0.39 is 5.97 Å². The first-order valence-electron chi connectivity index (χ1n) is 6.27. The predicted molar refractivity (Wildman–Crippen MR) is 83.9 cm³/mol. The van der Waals surface area contributed by atoms with Crippen LogP contribution in [0, 0.1) is 6.92 Å². The van der Waals surface area contributed by atoms with Crippen molar-refractivity contribution in [1.82, 2.24) is 0 Å². The Morgan fingerprint density at radius 2 is 1.95 bits per heavy atom. The lowest BCUT2D eigenvalue weighted by Crippen LogP contribution is -2.31. The molecular formula is C15H16ClNO2S. The molecule has 0 bridgehead atoms. The van der Waals surface area contributed by atoms with Crippen molar-refractivity contribution < 1.29 is 9.90 Å². The molecule has 0 amide bonds. The van der Waals surface area contributed by atoms with Gasteiger partial charge >= 0.3 is 5.97 Å². The van der Waals surface area contributed by atoms with E-state index in [0.29, 0.717) is 4.34 Å². The summed E-state index contributed by atoms with van der Waals surface area (Å²) in [6.45, 7) is 3.96. The zero-order valence-corrected chi connectivity index (χ0v) is 12.9. The first kappa shape index (κ1) is 14.9. The molecule has 1 unspecified atom stereocenters. The SMILES string of the molecule is Cc1ccc(N(CC(=O)O)C(C)c2ccc(Cl)s2)cc1. The van der Waals surface area contributed by atoms with Crippen LogP contribution in [-0.4, -0.2) is 17.6 Å². The molecule has 1 atom stereocenters. The summed E-state index contributed by atoms with van der Waals surface area (Å²) in [6.07, 6.45) is 0. The van der Waals surface area contributed by atoms with E-state index in [1.54, 1.807) is 0 Å². The topological polar surface area (TPSA) is 40.5 Å².